The van der Waals surface area contributed by atoms with Crippen LogP contribution in [0.5, 0.6) is 0 Å². The zero-order valence-corrected chi connectivity index (χ0v) is 14.6. The van der Waals surface area contributed by atoms with Gasteiger partial charge < -0.3 is 15.4 Å². The molecule has 2 saturated carbocycles. The molecule has 0 aromatic carbocycles. The molecule has 2 fully saturated rings. The van der Waals surface area contributed by atoms with E-state index in [2.05, 4.69) is 36.4 Å². The van der Waals surface area contributed by atoms with Gasteiger partial charge in [0.1, 0.15) is 0 Å². The Morgan fingerprint density at radius 2 is 2.05 bits per heavy atom. The summed E-state index contributed by atoms with van der Waals surface area (Å²) < 4.78 is 5.66. The Labute approximate surface area is 135 Å². The van der Waals surface area contributed by atoms with Gasteiger partial charge in [0.05, 0.1) is 6.54 Å². The minimum absolute atomic E-state index is 0.504. The number of hydrogen-bond donors (Lipinski definition) is 2. The van der Waals surface area contributed by atoms with E-state index in [4.69, 9.17) is 9.73 Å². The van der Waals surface area contributed by atoms with Crippen LogP contribution in [0.1, 0.15) is 46.0 Å². The van der Waals surface area contributed by atoms with Gasteiger partial charge in [-0.3, -0.25) is 9.89 Å². The summed E-state index contributed by atoms with van der Waals surface area (Å²) >= 11 is 0. The minimum atomic E-state index is 0.504. The number of rotatable bonds is 11. The second-order valence-corrected chi connectivity index (χ2v) is 6.76. The van der Waals surface area contributed by atoms with E-state index >= 15 is 0 Å². The Morgan fingerprint density at radius 3 is 2.68 bits per heavy atom. The van der Waals surface area contributed by atoms with Gasteiger partial charge in [0.15, 0.2) is 5.96 Å². The highest BCUT2D eigenvalue weighted by atomic mass is 16.5. The maximum absolute atomic E-state index is 5.66. The number of nitrogens with zero attached hydrogens (tertiary/aromatic N) is 2. The fraction of sp³-hybridized carbons (Fsp3) is 0.941. The molecular weight excluding hydrogens is 276 g/mol. The molecule has 0 bridgehead atoms. The van der Waals surface area contributed by atoms with Crippen LogP contribution < -0.4 is 10.6 Å². The molecule has 2 N–H and O–H groups in total. The van der Waals surface area contributed by atoms with Crippen molar-refractivity contribution in [1.29, 1.82) is 0 Å². The van der Waals surface area contributed by atoms with Gasteiger partial charge >= 0.3 is 0 Å². The van der Waals surface area contributed by atoms with Crippen LogP contribution in [-0.4, -0.2) is 62.8 Å². The van der Waals surface area contributed by atoms with E-state index in [1.165, 1.54) is 25.7 Å². The summed E-state index contributed by atoms with van der Waals surface area (Å²) in [7, 11) is 2.22. The highest BCUT2D eigenvalue weighted by Gasteiger charge is 2.28. The van der Waals surface area contributed by atoms with Crippen LogP contribution in [0.2, 0.25) is 0 Å². The van der Waals surface area contributed by atoms with Gasteiger partial charge in [-0.2, -0.15) is 0 Å². The van der Waals surface area contributed by atoms with Gasteiger partial charge in [-0.25, -0.2) is 0 Å². The Hall–Kier alpha value is -0.810. The first-order chi connectivity index (χ1) is 10.7. The maximum atomic E-state index is 5.66. The Morgan fingerprint density at radius 1 is 1.27 bits per heavy atom. The lowest BCUT2D eigenvalue weighted by molar-refractivity contribution is 0.123. The molecule has 5 heteroatoms. The first kappa shape index (κ1) is 17.5. The van der Waals surface area contributed by atoms with Crippen molar-refractivity contribution in [3.63, 3.8) is 0 Å². The molecule has 5 nitrogen and oxygen atoms in total. The Bertz CT molecular complexity index is 340. The molecule has 0 saturated heterocycles. The SMILES string of the molecule is CCNC(=NCC(C)N(C)C1CC1)NCCCOCC1CC1. The van der Waals surface area contributed by atoms with Gasteiger partial charge in [-0.05, 0) is 58.9 Å². The monoisotopic (exact) mass is 310 g/mol. The molecule has 2 aliphatic rings. The minimum Gasteiger partial charge on any atom is -0.381 e. The topological polar surface area (TPSA) is 48.9 Å². The lowest BCUT2D eigenvalue weighted by Gasteiger charge is -2.23. The van der Waals surface area contributed by atoms with Gasteiger partial charge in [0, 0.05) is 38.4 Å². The summed E-state index contributed by atoms with van der Waals surface area (Å²) in [6.45, 7) is 8.84. The predicted octanol–water partition coefficient (Wildman–Crippen LogP) is 1.84. The molecule has 22 heavy (non-hydrogen) atoms. The van der Waals surface area contributed by atoms with E-state index in [0.29, 0.717) is 6.04 Å². The summed E-state index contributed by atoms with van der Waals surface area (Å²) in [4.78, 5) is 7.17. The molecule has 0 aliphatic heterocycles. The predicted molar refractivity (Wildman–Crippen MR) is 92.4 cm³/mol. The highest BCUT2D eigenvalue weighted by Crippen LogP contribution is 2.28. The van der Waals surface area contributed by atoms with Gasteiger partial charge in [0.25, 0.3) is 0 Å². The highest BCUT2D eigenvalue weighted by molar-refractivity contribution is 5.79. The summed E-state index contributed by atoms with van der Waals surface area (Å²) in [5.74, 6) is 1.79. The van der Waals surface area contributed by atoms with Crippen LogP contribution >= 0.6 is 0 Å². The molecule has 2 rings (SSSR count). The third-order valence-electron chi connectivity index (χ3n) is 4.48. The van der Waals surface area contributed by atoms with Crippen molar-refractivity contribution in [2.24, 2.45) is 10.9 Å². The molecular formula is C17H34N4O. The number of likely N-dealkylation sites (N-methyl/N-ethyl adjacent to an activating group) is 1. The molecule has 0 aromatic heterocycles. The fourth-order valence-electron chi connectivity index (χ4n) is 2.45. The standard InChI is InChI=1S/C17H34N4O/c1-4-18-17(19-10-5-11-22-13-15-6-7-15)20-12-14(2)21(3)16-8-9-16/h14-16H,4-13H2,1-3H3,(H2,18,19,20). The summed E-state index contributed by atoms with van der Waals surface area (Å²) in [5, 5.41) is 6.72. The summed E-state index contributed by atoms with van der Waals surface area (Å²) in [6, 6.07) is 1.30. The van der Waals surface area contributed by atoms with Crippen LogP contribution in [0.25, 0.3) is 0 Å². The molecule has 0 spiro atoms. The van der Waals surface area contributed by atoms with E-state index < -0.39 is 0 Å². The molecule has 2 aliphatic carbocycles. The van der Waals surface area contributed by atoms with Crippen LogP contribution in [0, 0.1) is 5.92 Å². The van der Waals surface area contributed by atoms with E-state index in [9.17, 15) is 0 Å². The van der Waals surface area contributed by atoms with Gasteiger partial charge in [0.2, 0.25) is 0 Å². The van der Waals surface area contributed by atoms with Crippen LogP contribution in [-0.2, 0) is 4.74 Å². The number of ether oxygens (including phenoxy) is 1. The first-order valence-corrected chi connectivity index (χ1v) is 9.02. The van der Waals surface area contributed by atoms with Crippen molar-refractivity contribution in [3.05, 3.63) is 0 Å². The largest absolute Gasteiger partial charge is 0.381 e. The molecule has 0 heterocycles. The van der Waals surface area contributed by atoms with Gasteiger partial charge in [-0.1, -0.05) is 0 Å². The van der Waals surface area contributed by atoms with E-state index in [-0.39, 0.29) is 0 Å². The Kier molecular flexibility index (Phi) is 7.46. The van der Waals surface area contributed by atoms with Crippen LogP contribution in [0.4, 0.5) is 0 Å². The fourth-order valence-corrected chi connectivity index (χ4v) is 2.45. The van der Waals surface area contributed by atoms with Crippen molar-refractivity contribution in [2.75, 3.05) is 39.9 Å². The molecule has 0 radical (unpaired) electrons. The lowest BCUT2D eigenvalue weighted by Crippen LogP contribution is -2.40. The Balaban J connectivity index is 1.58. The van der Waals surface area contributed by atoms with Gasteiger partial charge in [-0.15, -0.1) is 0 Å². The van der Waals surface area contributed by atoms with E-state index in [1.54, 1.807) is 0 Å². The quantitative estimate of drug-likeness (QED) is 0.347. The summed E-state index contributed by atoms with van der Waals surface area (Å²) in [6.07, 6.45) is 6.47. The maximum Gasteiger partial charge on any atom is 0.191 e. The second kappa shape index (κ2) is 9.36. The third kappa shape index (κ3) is 6.97. The van der Waals surface area contributed by atoms with E-state index in [1.807, 2.05) is 0 Å². The smallest absolute Gasteiger partial charge is 0.191 e. The average molecular weight is 310 g/mol. The number of aliphatic imine (C=N–C) groups is 1. The van der Waals surface area contributed by atoms with Crippen LogP contribution in [0.3, 0.4) is 0 Å². The second-order valence-electron chi connectivity index (χ2n) is 6.76. The number of hydrogen-bond acceptors (Lipinski definition) is 3. The molecule has 0 aromatic rings. The van der Waals surface area contributed by atoms with Crippen molar-refractivity contribution < 1.29 is 4.74 Å². The third-order valence-corrected chi connectivity index (χ3v) is 4.48. The van der Waals surface area contributed by atoms with Crippen molar-refractivity contribution >= 4 is 5.96 Å². The summed E-state index contributed by atoms with van der Waals surface area (Å²) in [5.41, 5.74) is 0. The average Bonchev–Trinajstić information content (AvgIpc) is 3.39. The molecule has 1 unspecified atom stereocenters. The lowest BCUT2D eigenvalue weighted by atomic mass is 10.3. The van der Waals surface area contributed by atoms with Crippen molar-refractivity contribution in [3.8, 4) is 0 Å². The number of guanidine groups is 1. The van der Waals surface area contributed by atoms with Crippen molar-refractivity contribution in [1.82, 2.24) is 15.5 Å². The van der Waals surface area contributed by atoms with Crippen LogP contribution in [0.15, 0.2) is 4.99 Å². The van der Waals surface area contributed by atoms with E-state index in [0.717, 1.165) is 57.2 Å². The van der Waals surface area contributed by atoms with Crippen molar-refractivity contribution in [2.45, 2.75) is 58.0 Å². The molecule has 128 valence electrons. The normalized spacial score (nSPS) is 20.3. The zero-order valence-electron chi connectivity index (χ0n) is 14.6. The zero-order chi connectivity index (χ0) is 15.8. The molecule has 1 atom stereocenters. The number of nitrogens with one attached hydrogen (secondary N) is 2. The molecule has 0 amide bonds. The first-order valence-electron chi connectivity index (χ1n) is 9.02.